The minimum absolute atomic E-state index is 0.00651. The first-order valence-corrected chi connectivity index (χ1v) is 17.7. The molecule has 258 valence electrons. The summed E-state index contributed by atoms with van der Waals surface area (Å²) in [5.41, 5.74) is 9.33. The SMILES string of the molecule is CN=C1N=C(N)C(C)(c2cccc(CCC(=O)OC)c2)CCCC(C)(C)CSCCc2c(c(F)cc3[nH]ccc23)C(=O)c2ccc(F)c1c2. The molecule has 3 N–H and O–H groups in total. The molecule has 2 heterocycles. The third-order valence-corrected chi connectivity index (χ3v) is 11.0. The van der Waals surface area contributed by atoms with Crippen LogP contribution in [0.25, 0.3) is 10.9 Å². The van der Waals surface area contributed by atoms with Crippen LogP contribution in [0.1, 0.15) is 84.6 Å². The van der Waals surface area contributed by atoms with Crippen molar-refractivity contribution in [3.05, 3.63) is 106 Å². The number of esters is 1. The first-order valence-electron chi connectivity index (χ1n) is 16.6. The van der Waals surface area contributed by atoms with Gasteiger partial charge in [-0.1, -0.05) is 44.5 Å². The number of ketones is 1. The molecule has 7 nitrogen and oxygen atoms in total. The molecule has 0 fully saturated rings. The Balaban J connectivity index is 1.63. The van der Waals surface area contributed by atoms with E-state index in [2.05, 4.69) is 23.8 Å². The van der Waals surface area contributed by atoms with Gasteiger partial charge in [-0.05, 0) is 96.5 Å². The summed E-state index contributed by atoms with van der Waals surface area (Å²) in [5.74, 6) is -0.241. The van der Waals surface area contributed by atoms with E-state index in [0.717, 1.165) is 35.1 Å². The normalized spacial score (nSPS) is 19.9. The third kappa shape index (κ3) is 7.96. The molecule has 1 unspecified atom stereocenters. The molecule has 0 saturated carbocycles. The van der Waals surface area contributed by atoms with Crippen LogP contribution in [0.15, 0.2) is 70.8 Å². The number of rotatable bonds is 4. The highest BCUT2D eigenvalue weighted by atomic mass is 32.2. The van der Waals surface area contributed by atoms with Gasteiger partial charge in [-0.15, -0.1) is 0 Å². The number of thioether (sulfide) groups is 1. The summed E-state index contributed by atoms with van der Waals surface area (Å²) in [4.78, 5) is 38.1. The fourth-order valence-corrected chi connectivity index (χ4v) is 7.74. The minimum Gasteiger partial charge on any atom is -0.469 e. The monoisotopic (exact) mass is 686 g/mol. The topological polar surface area (TPSA) is 110 Å². The van der Waals surface area contributed by atoms with Gasteiger partial charge in [0, 0.05) is 41.5 Å². The van der Waals surface area contributed by atoms with Crippen molar-refractivity contribution < 1.29 is 23.1 Å². The van der Waals surface area contributed by atoms with E-state index in [1.165, 1.54) is 38.4 Å². The molecule has 10 heteroatoms. The Kier molecular flexibility index (Phi) is 11.1. The van der Waals surface area contributed by atoms with Crippen LogP contribution >= 0.6 is 11.8 Å². The zero-order valence-electron chi connectivity index (χ0n) is 28.8. The first-order chi connectivity index (χ1) is 23.4. The molecule has 4 aromatic rings. The summed E-state index contributed by atoms with van der Waals surface area (Å²) < 4.78 is 36.1. The molecule has 2 bridgehead atoms. The highest BCUT2D eigenvalue weighted by Gasteiger charge is 2.33. The van der Waals surface area contributed by atoms with Crippen molar-refractivity contribution in [1.29, 1.82) is 0 Å². The molecule has 1 atom stereocenters. The summed E-state index contributed by atoms with van der Waals surface area (Å²) in [7, 11) is 2.87. The molecule has 0 spiro atoms. The lowest BCUT2D eigenvalue weighted by molar-refractivity contribution is -0.140. The quantitative estimate of drug-likeness (QED) is 0.212. The van der Waals surface area contributed by atoms with Crippen LogP contribution in [-0.4, -0.2) is 54.1 Å². The third-order valence-electron chi connectivity index (χ3n) is 9.54. The van der Waals surface area contributed by atoms with E-state index in [1.807, 2.05) is 37.3 Å². The number of H-pyrrole nitrogens is 1. The summed E-state index contributed by atoms with van der Waals surface area (Å²) >= 11 is 1.78. The average Bonchev–Trinajstić information content (AvgIpc) is 3.55. The first kappa shape index (κ1) is 36.0. The molecule has 0 saturated heterocycles. The Morgan fingerprint density at radius 1 is 1.08 bits per heavy atom. The van der Waals surface area contributed by atoms with Gasteiger partial charge >= 0.3 is 5.97 Å². The number of aliphatic imine (C=N–C) groups is 2. The number of nitrogens with one attached hydrogen (secondary N) is 1. The summed E-state index contributed by atoms with van der Waals surface area (Å²) in [6, 6.07) is 15.1. The van der Waals surface area contributed by atoms with Crippen molar-refractivity contribution in [2.45, 2.75) is 64.7 Å². The van der Waals surface area contributed by atoms with E-state index in [4.69, 9.17) is 15.5 Å². The van der Waals surface area contributed by atoms with Crippen LogP contribution in [0.5, 0.6) is 0 Å². The summed E-state index contributed by atoms with van der Waals surface area (Å²) in [6.07, 6.45) is 5.39. The molecule has 5 rings (SSSR count). The molecular formula is C39H44F2N4O3S. The van der Waals surface area contributed by atoms with Crippen LogP contribution in [0.2, 0.25) is 0 Å². The maximum Gasteiger partial charge on any atom is 0.305 e. The zero-order valence-corrected chi connectivity index (χ0v) is 29.6. The van der Waals surface area contributed by atoms with Crippen LogP contribution in [0.4, 0.5) is 8.78 Å². The minimum atomic E-state index is -0.764. The van der Waals surface area contributed by atoms with Crippen LogP contribution in [0, 0.1) is 17.0 Å². The van der Waals surface area contributed by atoms with Gasteiger partial charge < -0.3 is 15.5 Å². The molecular weight excluding hydrogens is 643 g/mol. The number of hydrogen-bond donors (Lipinski definition) is 2. The Hall–Kier alpha value is -4.31. The number of nitrogens with two attached hydrogens (primary N) is 1. The predicted molar refractivity (Wildman–Crippen MR) is 195 cm³/mol. The molecule has 0 amide bonds. The number of amidine groups is 2. The van der Waals surface area contributed by atoms with Gasteiger partial charge in [-0.3, -0.25) is 14.6 Å². The molecule has 1 aromatic heterocycles. The van der Waals surface area contributed by atoms with E-state index >= 15 is 8.78 Å². The second-order valence-electron chi connectivity index (χ2n) is 13.6. The molecule has 1 aliphatic heterocycles. The molecule has 3 aromatic carbocycles. The fraction of sp³-hybridized carbons (Fsp3) is 0.385. The van der Waals surface area contributed by atoms with Crippen LogP contribution in [0.3, 0.4) is 0 Å². The number of methoxy groups -OCH3 is 1. The predicted octanol–water partition coefficient (Wildman–Crippen LogP) is 7.96. The molecule has 0 radical (unpaired) electrons. The van der Waals surface area contributed by atoms with E-state index in [9.17, 15) is 9.59 Å². The Morgan fingerprint density at radius 2 is 1.88 bits per heavy atom. The van der Waals surface area contributed by atoms with Gasteiger partial charge in [-0.25, -0.2) is 13.8 Å². The Labute approximate surface area is 290 Å². The van der Waals surface area contributed by atoms with Gasteiger partial charge in [0.2, 0.25) is 0 Å². The van der Waals surface area contributed by atoms with Gasteiger partial charge in [0.05, 0.1) is 18.2 Å². The average molecular weight is 687 g/mol. The Morgan fingerprint density at radius 3 is 2.63 bits per heavy atom. The van der Waals surface area contributed by atoms with Crippen molar-refractivity contribution in [3.63, 3.8) is 0 Å². The number of halogens is 2. The second kappa shape index (κ2) is 15.1. The number of hydrogen-bond acceptors (Lipinski definition) is 6. The standard InChI is InChI=1S/C39H44F2N4O3S/c1-38(2)16-7-17-39(3,26-9-6-8-24(20-26)10-13-33(46)48-5)37(42)45-36(43-4)29-21-25(11-12-30(29)40)35(47)34-28(15-19-49-23-38)27-14-18-44-32(27)22-31(34)41/h6,8-9,11-12,14,18,20-22,44H,7,10,13,15-17,19,23H2,1-5H3,(H2,42,43,45). The van der Waals surface area contributed by atoms with E-state index in [0.29, 0.717) is 36.1 Å². The molecule has 49 heavy (non-hydrogen) atoms. The molecule has 0 aliphatic carbocycles. The van der Waals surface area contributed by atoms with E-state index in [-0.39, 0.29) is 46.2 Å². The van der Waals surface area contributed by atoms with Crippen LogP contribution in [-0.2, 0) is 27.8 Å². The van der Waals surface area contributed by atoms with Crippen molar-refractivity contribution >= 4 is 46.1 Å². The number of fused-ring (bicyclic) bond motifs is 5. The number of aryl methyl sites for hydroxylation is 2. The number of aromatic nitrogens is 1. The second-order valence-corrected chi connectivity index (χ2v) is 14.8. The lowest BCUT2D eigenvalue weighted by Gasteiger charge is -2.32. The lowest BCUT2D eigenvalue weighted by Crippen LogP contribution is -2.40. The van der Waals surface area contributed by atoms with Gasteiger partial charge in [0.25, 0.3) is 0 Å². The van der Waals surface area contributed by atoms with E-state index in [1.54, 1.807) is 18.0 Å². The molecule has 1 aliphatic rings. The van der Waals surface area contributed by atoms with Gasteiger partial charge in [0.15, 0.2) is 11.6 Å². The maximum absolute atomic E-state index is 15.8. The summed E-state index contributed by atoms with van der Waals surface area (Å²) in [5, 5.41) is 0.795. The van der Waals surface area contributed by atoms with Crippen LogP contribution < -0.4 is 5.73 Å². The number of carbonyl (C=O) groups is 2. The largest absolute Gasteiger partial charge is 0.469 e. The van der Waals surface area contributed by atoms with Crippen molar-refractivity contribution in [2.75, 3.05) is 25.7 Å². The number of ether oxygens (including phenoxy) is 1. The number of benzene rings is 3. The van der Waals surface area contributed by atoms with Gasteiger partial charge in [0.1, 0.15) is 17.5 Å². The van der Waals surface area contributed by atoms with Gasteiger partial charge in [-0.2, -0.15) is 11.8 Å². The highest BCUT2D eigenvalue weighted by molar-refractivity contribution is 7.99. The van der Waals surface area contributed by atoms with Crippen molar-refractivity contribution in [3.8, 4) is 0 Å². The van der Waals surface area contributed by atoms with Crippen molar-refractivity contribution in [2.24, 2.45) is 21.1 Å². The number of aromatic amines is 1. The fourth-order valence-electron chi connectivity index (χ4n) is 6.55. The lowest BCUT2D eigenvalue weighted by atomic mass is 9.75. The Bertz CT molecular complexity index is 1930. The van der Waals surface area contributed by atoms with E-state index < -0.39 is 22.8 Å². The highest BCUT2D eigenvalue weighted by Crippen LogP contribution is 2.36. The maximum atomic E-state index is 15.8. The smallest absolute Gasteiger partial charge is 0.305 e. The number of carbonyl (C=O) groups excluding carboxylic acids is 2. The number of nitrogens with zero attached hydrogens (tertiary/aromatic N) is 2. The summed E-state index contributed by atoms with van der Waals surface area (Å²) in [6.45, 7) is 6.49. The zero-order chi connectivity index (χ0) is 35.3. The van der Waals surface area contributed by atoms with Crippen molar-refractivity contribution in [1.82, 2.24) is 4.98 Å².